The Morgan fingerprint density at radius 3 is 1.10 bits per heavy atom. The van der Waals surface area contributed by atoms with Crippen LogP contribution in [0.2, 0.25) is 0 Å². The maximum atomic E-state index is 8.55. The monoisotopic (exact) mass is 188 g/mol. The highest BCUT2D eigenvalue weighted by Gasteiger charge is 2.03. The molecule has 0 aliphatic rings. The lowest BCUT2D eigenvalue weighted by Crippen LogP contribution is -2.24. The first kappa shape index (κ1) is 13.2. The zero-order valence-electron chi connectivity index (χ0n) is 8.53. The molecule has 64 valence electrons. The van der Waals surface area contributed by atoms with Crippen LogP contribution in [-0.4, -0.2) is 26.7 Å². The van der Waals surface area contributed by atoms with Crippen LogP contribution in [0.5, 0.6) is 0 Å². The highest BCUT2D eigenvalue weighted by molar-refractivity contribution is 7.73. The Balaban J connectivity index is -0.0000000457. The van der Waals surface area contributed by atoms with Crippen molar-refractivity contribution in [2.75, 3.05) is 26.7 Å². The van der Waals surface area contributed by atoms with Gasteiger partial charge in [0.2, 0.25) is 0 Å². The summed E-state index contributed by atoms with van der Waals surface area (Å²) in [6.45, 7) is 9.19. The van der Waals surface area contributed by atoms with Crippen molar-refractivity contribution in [2.45, 2.75) is 0 Å². The van der Waals surface area contributed by atoms with Crippen LogP contribution in [0.15, 0.2) is 0 Å². The second-order valence-electron chi connectivity index (χ2n) is 3.13. The SMILES string of the molecule is C[P+](C)(C)C.O=P([O-])([O-])[O-].[H+].[H+]. The molecule has 0 N–H and O–H groups in total. The zero-order valence-corrected chi connectivity index (χ0v) is 8.32. The first-order chi connectivity index (χ1) is 4.00. The molecule has 6 heteroatoms. The van der Waals surface area contributed by atoms with E-state index in [0.29, 0.717) is 0 Å². The lowest BCUT2D eigenvalue weighted by Gasteiger charge is -2.36. The van der Waals surface area contributed by atoms with Crippen LogP contribution >= 0.6 is 15.1 Å². The van der Waals surface area contributed by atoms with E-state index in [4.69, 9.17) is 19.2 Å². The zero-order chi connectivity index (χ0) is 9.00. The maximum absolute atomic E-state index is 8.55. The van der Waals surface area contributed by atoms with Crippen LogP contribution in [0.4, 0.5) is 0 Å². The average molecular weight is 188 g/mol. The van der Waals surface area contributed by atoms with Crippen molar-refractivity contribution < 1.29 is 22.1 Å². The molecule has 0 saturated carbocycles. The van der Waals surface area contributed by atoms with Crippen LogP contribution in [0.25, 0.3) is 0 Å². The van der Waals surface area contributed by atoms with Gasteiger partial charge < -0.3 is 19.2 Å². The molecule has 0 aromatic rings. The maximum Gasteiger partial charge on any atom is 1.00 e. The van der Waals surface area contributed by atoms with E-state index in [1.807, 2.05) is 0 Å². The first-order valence-corrected chi connectivity index (χ1v) is 7.56. The number of rotatable bonds is 0. The summed E-state index contributed by atoms with van der Waals surface area (Å²) in [7, 11) is -5.78. The molecule has 0 spiro atoms. The van der Waals surface area contributed by atoms with Crippen molar-refractivity contribution >= 4 is 15.1 Å². The fourth-order valence-electron chi connectivity index (χ4n) is 0. The van der Waals surface area contributed by atoms with Crippen molar-refractivity contribution in [3.63, 3.8) is 0 Å². The van der Waals surface area contributed by atoms with Crippen LogP contribution in [0.3, 0.4) is 0 Å². The second-order valence-corrected chi connectivity index (χ2v) is 9.39. The van der Waals surface area contributed by atoms with Gasteiger partial charge in [0.05, 0.1) is 0 Å². The van der Waals surface area contributed by atoms with Gasteiger partial charge >= 0.3 is 2.85 Å². The molecular weight excluding hydrogens is 174 g/mol. The van der Waals surface area contributed by atoms with Crippen LogP contribution in [-0.2, 0) is 4.57 Å². The Labute approximate surface area is 64.8 Å². The third-order valence-corrected chi connectivity index (χ3v) is 0. The summed E-state index contributed by atoms with van der Waals surface area (Å²) < 4.78 is 8.55. The molecule has 10 heavy (non-hydrogen) atoms. The Kier molecular flexibility index (Phi) is 5.82. The Morgan fingerprint density at radius 2 is 1.10 bits per heavy atom. The van der Waals surface area contributed by atoms with E-state index >= 15 is 0 Å². The molecule has 0 radical (unpaired) electrons. The summed E-state index contributed by atoms with van der Waals surface area (Å²) in [5.74, 6) is 0. The molecule has 4 nitrogen and oxygen atoms in total. The number of hydrogen-bond donors (Lipinski definition) is 0. The van der Waals surface area contributed by atoms with E-state index in [2.05, 4.69) is 26.7 Å². The number of phosphoric acid groups is 1. The third-order valence-electron chi connectivity index (χ3n) is 0. The van der Waals surface area contributed by atoms with Crippen molar-refractivity contribution in [3.05, 3.63) is 0 Å². The van der Waals surface area contributed by atoms with Crippen LogP contribution in [0.1, 0.15) is 2.85 Å². The second kappa shape index (κ2) is 4.42. The summed E-state index contributed by atoms with van der Waals surface area (Å²) in [6, 6.07) is 0. The average Bonchev–Trinajstić information content (AvgIpc) is 1.12. The molecule has 0 saturated heterocycles. The summed E-state index contributed by atoms with van der Waals surface area (Å²) >= 11 is 0. The van der Waals surface area contributed by atoms with Gasteiger partial charge in [0, 0.05) is 33.9 Å². The Bertz CT molecular complexity index is 115. The van der Waals surface area contributed by atoms with Gasteiger partial charge in [0.15, 0.2) is 0 Å². The highest BCUT2D eigenvalue weighted by Crippen LogP contribution is 2.40. The summed E-state index contributed by atoms with van der Waals surface area (Å²) in [5.41, 5.74) is 0. The lowest BCUT2D eigenvalue weighted by molar-refractivity contribution is -0.432. The fourth-order valence-corrected chi connectivity index (χ4v) is 0. The smallest absolute Gasteiger partial charge is 0.822 e. The molecule has 0 rings (SSSR count). The van der Waals surface area contributed by atoms with Crippen molar-refractivity contribution in [3.8, 4) is 0 Å². The topological polar surface area (TPSA) is 86.2 Å². The predicted molar refractivity (Wildman–Crippen MR) is 40.4 cm³/mol. The fraction of sp³-hybridized carbons (Fsp3) is 1.00. The van der Waals surface area contributed by atoms with E-state index in [-0.39, 0.29) is 10.1 Å². The van der Waals surface area contributed by atoms with E-state index in [0.717, 1.165) is 0 Å². The number of hydrogen-bond acceptors (Lipinski definition) is 4. The van der Waals surface area contributed by atoms with Gasteiger partial charge in [-0.05, 0) is 0 Å². The minimum absolute atomic E-state index is 0. The molecule has 0 aliphatic carbocycles. The molecule has 0 fully saturated rings. The molecule has 0 aromatic heterocycles. The van der Waals surface area contributed by atoms with Gasteiger partial charge in [-0.3, -0.25) is 0 Å². The van der Waals surface area contributed by atoms with E-state index in [1.54, 1.807) is 0 Å². The van der Waals surface area contributed by atoms with Gasteiger partial charge in [0.25, 0.3) is 0 Å². The molecule has 0 aromatic carbocycles. The largest absolute Gasteiger partial charge is 1.00 e. The third kappa shape index (κ3) is 1660. The van der Waals surface area contributed by atoms with Crippen LogP contribution < -0.4 is 14.7 Å². The van der Waals surface area contributed by atoms with Gasteiger partial charge in [0.1, 0.15) is 0 Å². The van der Waals surface area contributed by atoms with Gasteiger partial charge in [-0.2, -0.15) is 7.82 Å². The molecule has 0 heterocycles. The molecule has 0 amide bonds. The standard InChI is InChI=1S/C4H12P.H3O4P/c2*1-5(2,3)4/h1-4H3;(H3,1,2,3,4)/q+1;/p-1. The summed E-state index contributed by atoms with van der Waals surface area (Å²) in [6.07, 6.45) is 0. The molecule has 0 unspecified atom stereocenters. The highest BCUT2D eigenvalue weighted by atomic mass is 31.2. The molecular formula is C4H14O4P2. The van der Waals surface area contributed by atoms with Gasteiger partial charge in [-0.15, -0.1) is 0 Å². The van der Waals surface area contributed by atoms with Crippen molar-refractivity contribution in [1.82, 2.24) is 0 Å². The predicted octanol–water partition coefficient (Wildman–Crippen LogP) is -1.08. The van der Waals surface area contributed by atoms with Crippen molar-refractivity contribution in [2.24, 2.45) is 0 Å². The molecule has 0 atom stereocenters. The quantitative estimate of drug-likeness (QED) is 0.452. The van der Waals surface area contributed by atoms with E-state index in [9.17, 15) is 0 Å². The van der Waals surface area contributed by atoms with Gasteiger partial charge in [-0.25, -0.2) is 0 Å². The normalized spacial score (nSPS) is 11.9. The molecule has 0 aliphatic heterocycles. The van der Waals surface area contributed by atoms with Crippen LogP contribution in [0, 0.1) is 0 Å². The molecule has 0 bridgehead atoms. The minimum Gasteiger partial charge on any atom is -0.822 e. The Hall–Kier alpha value is 0.540. The van der Waals surface area contributed by atoms with Gasteiger partial charge in [-0.1, -0.05) is 0 Å². The lowest BCUT2D eigenvalue weighted by atomic mass is 11.8. The van der Waals surface area contributed by atoms with E-state index < -0.39 is 7.82 Å². The minimum atomic E-state index is -5.39. The first-order valence-electron chi connectivity index (χ1n) is 2.52. The Morgan fingerprint density at radius 1 is 1.10 bits per heavy atom. The summed E-state index contributed by atoms with van der Waals surface area (Å²) in [5, 5.41) is 0. The van der Waals surface area contributed by atoms with Crippen molar-refractivity contribution in [1.29, 1.82) is 0 Å². The van der Waals surface area contributed by atoms with E-state index in [1.165, 1.54) is 0 Å². The summed E-state index contributed by atoms with van der Waals surface area (Å²) in [4.78, 5) is 25.6.